The van der Waals surface area contributed by atoms with Gasteiger partial charge in [-0.25, -0.2) is 9.37 Å². The van der Waals surface area contributed by atoms with Crippen LogP contribution in [0.15, 0.2) is 24.4 Å². The van der Waals surface area contributed by atoms with Crippen LogP contribution in [0.25, 0.3) is 0 Å². The van der Waals surface area contributed by atoms with E-state index in [2.05, 4.69) is 4.98 Å². The maximum Gasteiger partial charge on any atom is 0.443 e. The number of nitrogens with zero attached hydrogens (tertiary/aromatic N) is 1. The van der Waals surface area contributed by atoms with Crippen LogP contribution in [0.4, 0.5) is 17.6 Å². The lowest BCUT2D eigenvalue weighted by Gasteiger charge is -2.10. The van der Waals surface area contributed by atoms with Crippen LogP contribution in [0.5, 0.6) is 0 Å². The Morgan fingerprint density at radius 3 is 2.47 bits per heavy atom. The maximum atomic E-state index is 13.3. The molecule has 2 N–H and O–H groups in total. The SMILES string of the molecule is Cc1cc(F)cc(C(N)c2cnc(C(F)(F)F)s2)c1. The zero-order chi connectivity index (χ0) is 14.2. The minimum atomic E-state index is -4.49. The Kier molecular flexibility index (Phi) is 3.60. The van der Waals surface area contributed by atoms with Crippen LogP contribution >= 0.6 is 11.3 Å². The molecule has 0 bridgehead atoms. The van der Waals surface area contributed by atoms with Gasteiger partial charge in [-0.3, -0.25) is 0 Å². The predicted octanol–water partition coefficient (Wildman–Crippen LogP) is 3.66. The quantitative estimate of drug-likeness (QED) is 0.857. The van der Waals surface area contributed by atoms with E-state index >= 15 is 0 Å². The summed E-state index contributed by atoms with van der Waals surface area (Å²) in [4.78, 5) is 3.55. The summed E-state index contributed by atoms with van der Waals surface area (Å²) in [6.45, 7) is 1.69. The molecular formula is C12H10F4N2S. The first kappa shape index (κ1) is 14.0. The predicted molar refractivity (Wildman–Crippen MR) is 64.3 cm³/mol. The van der Waals surface area contributed by atoms with E-state index in [1.165, 1.54) is 12.1 Å². The maximum absolute atomic E-state index is 13.3. The molecule has 0 aliphatic carbocycles. The summed E-state index contributed by atoms with van der Waals surface area (Å²) in [5, 5.41) is -0.953. The van der Waals surface area contributed by atoms with Crippen LogP contribution < -0.4 is 5.73 Å². The molecule has 1 aromatic carbocycles. The van der Waals surface area contributed by atoms with Gasteiger partial charge in [0.2, 0.25) is 0 Å². The molecule has 2 rings (SSSR count). The van der Waals surface area contributed by atoms with Crippen molar-refractivity contribution in [1.29, 1.82) is 0 Å². The van der Waals surface area contributed by atoms with Crippen LogP contribution in [0.1, 0.15) is 27.1 Å². The number of thiazole rings is 1. The molecule has 0 spiro atoms. The molecule has 102 valence electrons. The van der Waals surface area contributed by atoms with Gasteiger partial charge >= 0.3 is 6.18 Å². The molecule has 0 saturated carbocycles. The summed E-state index contributed by atoms with van der Waals surface area (Å²) in [6.07, 6.45) is -3.40. The second-order valence-corrected chi connectivity index (χ2v) is 5.17. The third-order valence-electron chi connectivity index (χ3n) is 2.50. The normalized spacial score (nSPS) is 13.6. The number of halogens is 4. The summed E-state index contributed by atoms with van der Waals surface area (Å²) in [5.41, 5.74) is 6.93. The van der Waals surface area contributed by atoms with Crippen molar-refractivity contribution in [2.24, 2.45) is 5.73 Å². The topological polar surface area (TPSA) is 38.9 Å². The molecule has 1 unspecified atom stereocenters. The Balaban J connectivity index is 2.33. The smallest absolute Gasteiger partial charge is 0.320 e. The molecule has 1 aromatic heterocycles. The monoisotopic (exact) mass is 290 g/mol. The fraction of sp³-hybridized carbons (Fsp3) is 0.250. The number of rotatable bonds is 2. The van der Waals surface area contributed by atoms with Crippen molar-refractivity contribution in [1.82, 2.24) is 4.98 Å². The number of nitrogens with two attached hydrogens (primary N) is 1. The third-order valence-corrected chi connectivity index (χ3v) is 3.62. The zero-order valence-electron chi connectivity index (χ0n) is 9.83. The number of benzene rings is 1. The van der Waals surface area contributed by atoms with E-state index in [1.807, 2.05) is 0 Å². The van der Waals surface area contributed by atoms with Crippen LogP contribution in [0.3, 0.4) is 0 Å². The lowest BCUT2D eigenvalue weighted by molar-refractivity contribution is -0.137. The van der Waals surface area contributed by atoms with E-state index < -0.39 is 23.0 Å². The highest BCUT2D eigenvalue weighted by molar-refractivity contribution is 7.11. The molecule has 2 aromatic rings. The van der Waals surface area contributed by atoms with Gasteiger partial charge in [0.25, 0.3) is 0 Å². The molecule has 0 amide bonds. The first-order valence-corrected chi connectivity index (χ1v) is 6.14. The molecule has 0 saturated heterocycles. The van der Waals surface area contributed by atoms with E-state index in [0.29, 0.717) is 22.5 Å². The molecular weight excluding hydrogens is 280 g/mol. The van der Waals surface area contributed by atoms with Gasteiger partial charge in [-0.05, 0) is 30.2 Å². The fourth-order valence-electron chi connectivity index (χ4n) is 1.67. The summed E-state index contributed by atoms with van der Waals surface area (Å²) >= 11 is 0.471. The van der Waals surface area contributed by atoms with Crippen molar-refractivity contribution in [3.63, 3.8) is 0 Å². The Bertz CT molecular complexity index is 571. The lowest BCUT2D eigenvalue weighted by atomic mass is 10.0. The second-order valence-electron chi connectivity index (χ2n) is 4.11. The van der Waals surface area contributed by atoms with E-state index in [1.54, 1.807) is 13.0 Å². The van der Waals surface area contributed by atoms with Crippen molar-refractivity contribution < 1.29 is 17.6 Å². The van der Waals surface area contributed by atoms with Gasteiger partial charge in [0, 0.05) is 11.1 Å². The van der Waals surface area contributed by atoms with Crippen molar-refractivity contribution >= 4 is 11.3 Å². The average molecular weight is 290 g/mol. The first-order chi connectivity index (χ1) is 8.77. The van der Waals surface area contributed by atoms with Gasteiger partial charge < -0.3 is 5.73 Å². The largest absolute Gasteiger partial charge is 0.443 e. The number of alkyl halides is 3. The molecule has 1 atom stereocenters. The summed E-state index contributed by atoms with van der Waals surface area (Å²) in [5.74, 6) is -0.467. The number of hydrogen-bond acceptors (Lipinski definition) is 3. The summed E-state index contributed by atoms with van der Waals surface area (Å²) < 4.78 is 50.6. The highest BCUT2D eigenvalue weighted by Gasteiger charge is 2.35. The van der Waals surface area contributed by atoms with Crippen molar-refractivity contribution in [3.8, 4) is 0 Å². The Hall–Kier alpha value is -1.47. The van der Waals surface area contributed by atoms with Crippen molar-refractivity contribution in [2.45, 2.75) is 19.1 Å². The first-order valence-electron chi connectivity index (χ1n) is 5.33. The standard InChI is InChI=1S/C12H10F4N2S/c1-6-2-7(4-8(13)3-6)10(17)9-5-18-11(19-9)12(14,15)16/h2-5,10H,17H2,1H3. The molecule has 2 nitrogen and oxygen atoms in total. The van der Waals surface area contributed by atoms with E-state index in [0.717, 1.165) is 6.20 Å². The zero-order valence-corrected chi connectivity index (χ0v) is 10.6. The molecule has 0 fully saturated rings. The highest BCUT2D eigenvalue weighted by Crippen LogP contribution is 2.35. The minimum Gasteiger partial charge on any atom is -0.320 e. The average Bonchev–Trinajstić information content (AvgIpc) is 2.75. The van der Waals surface area contributed by atoms with Gasteiger partial charge in [-0.1, -0.05) is 6.07 Å². The van der Waals surface area contributed by atoms with Crippen molar-refractivity contribution in [2.75, 3.05) is 0 Å². The van der Waals surface area contributed by atoms with Crippen LogP contribution in [0, 0.1) is 12.7 Å². The van der Waals surface area contributed by atoms with E-state index in [4.69, 9.17) is 5.73 Å². The van der Waals surface area contributed by atoms with Gasteiger partial charge in [-0.15, -0.1) is 11.3 Å². The molecule has 0 aliphatic heterocycles. The van der Waals surface area contributed by atoms with Gasteiger partial charge in [-0.2, -0.15) is 13.2 Å². The molecule has 1 heterocycles. The van der Waals surface area contributed by atoms with Crippen LogP contribution in [0.2, 0.25) is 0 Å². The summed E-state index contributed by atoms with van der Waals surface area (Å²) in [7, 11) is 0. The third kappa shape index (κ3) is 3.10. The Morgan fingerprint density at radius 1 is 1.26 bits per heavy atom. The van der Waals surface area contributed by atoms with Gasteiger partial charge in [0.1, 0.15) is 5.82 Å². The fourth-order valence-corrected chi connectivity index (χ4v) is 2.48. The summed E-state index contributed by atoms with van der Waals surface area (Å²) in [6, 6.07) is 3.36. The molecule has 7 heteroatoms. The lowest BCUT2D eigenvalue weighted by Crippen LogP contribution is -2.10. The molecule has 0 radical (unpaired) electrons. The van der Waals surface area contributed by atoms with Crippen LogP contribution in [-0.2, 0) is 6.18 Å². The van der Waals surface area contributed by atoms with Crippen molar-refractivity contribution in [3.05, 3.63) is 51.2 Å². The Morgan fingerprint density at radius 2 is 1.95 bits per heavy atom. The second kappa shape index (κ2) is 4.90. The van der Waals surface area contributed by atoms with Gasteiger partial charge in [0.15, 0.2) is 5.01 Å². The number of aryl methyl sites for hydroxylation is 1. The highest BCUT2D eigenvalue weighted by atomic mass is 32.1. The van der Waals surface area contributed by atoms with Gasteiger partial charge in [0.05, 0.1) is 6.04 Å². The number of aromatic nitrogens is 1. The van der Waals surface area contributed by atoms with Crippen LogP contribution in [-0.4, -0.2) is 4.98 Å². The molecule has 0 aliphatic rings. The van der Waals surface area contributed by atoms with E-state index in [9.17, 15) is 17.6 Å². The molecule has 19 heavy (non-hydrogen) atoms. The number of hydrogen-bond donors (Lipinski definition) is 1. The minimum absolute atomic E-state index is 0.248. The Labute approximate surface area is 110 Å². The van der Waals surface area contributed by atoms with E-state index in [-0.39, 0.29) is 4.88 Å².